The average molecular weight is 332 g/mol. The lowest BCUT2D eigenvalue weighted by Gasteiger charge is -2.39. The molecule has 1 amide bonds. The number of carbonyl (C=O) groups excluding carboxylic acids is 1. The van der Waals surface area contributed by atoms with Crippen molar-refractivity contribution in [2.75, 3.05) is 40.3 Å². The molecule has 0 aromatic heterocycles. The molecule has 24 heavy (non-hydrogen) atoms. The normalized spacial score (nSPS) is 22.1. The number of likely N-dealkylation sites (tertiary alicyclic amines) is 2. The number of rotatable bonds is 6. The van der Waals surface area contributed by atoms with E-state index in [0.717, 1.165) is 24.5 Å². The van der Waals surface area contributed by atoms with Crippen LogP contribution in [0.15, 0.2) is 24.3 Å². The van der Waals surface area contributed by atoms with Gasteiger partial charge in [-0.25, -0.2) is 0 Å². The van der Waals surface area contributed by atoms with Crippen LogP contribution in [0.4, 0.5) is 0 Å². The lowest BCUT2D eigenvalue weighted by Crippen LogP contribution is -2.56. The number of piperidine rings is 1. The Hall–Kier alpha value is -1.75. The second kappa shape index (κ2) is 7.88. The Bertz CT molecular complexity index is 557. The van der Waals surface area contributed by atoms with Gasteiger partial charge in [-0.2, -0.15) is 0 Å². The average Bonchev–Trinajstić information content (AvgIpc) is 2.56. The fourth-order valence-electron chi connectivity index (χ4n) is 3.61. The maximum atomic E-state index is 12.3. The maximum Gasteiger partial charge on any atom is 0.222 e. The van der Waals surface area contributed by atoms with Crippen molar-refractivity contribution in [2.45, 2.75) is 31.8 Å². The second-order valence-corrected chi connectivity index (χ2v) is 7.00. The molecule has 0 bridgehead atoms. The van der Waals surface area contributed by atoms with Crippen LogP contribution in [0.25, 0.3) is 0 Å². The van der Waals surface area contributed by atoms with Gasteiger partial charge < -0.3 is 19.3 Å². The van der Waals surface area contributed by atoms with Crippen molar-refractivity contribution in [1.29, 1.82) is 0 Å². The van der Waals surface area contributed by atoms with E-state index in [2.05, 4.69) is 11.9 Å². The minimum Gasteiger partial charge on any atom is -0.493 e. The molecule has 0 N–H and O–H groups in total. The Labute approximate surface area is 144 Å². The van der Waals surface area contributed by atoms with Gasteiger partial charge in [-0.3, -0.25) is 4.79 Å². The molecule has 1 aromatic rings. The molecular formula is C19H28N2O3. The zero-order valence-corrected chi connectivity index (χ0v) is 14.7. The van der Waals surface area contributed by atoms with Crippen LogP contribution in [0.1, 0.15) is 25.7 Å². The summed E-state index contributed by atoms with van der Waals surface area (Å²) in [7, 11) is 3.81. The number of hydrogen-bond donors (Lipinski definition) is 0. The van der Waals surface area contributed by atoms with Crippen LogP contribution in [0.5, 0.6) is 11.5 Å². The zero-order chi connectivity index (χ0) is 16.9. The Morgan fingerprint density at radius 3 is 2.67 bits per heavy atom. The van der Waals surface area contributed by atoms with Crippen molar-refractivity contribution in [3.63, 3.8) is 0 Å². The SMILES string of the molecule is COc1ccccc1OC1CN(C(=O)CCC2CCCN(C)C2)C1. The van der Waals surface area contributed by atoms with Crippen LogP contribution in [0.3, 0.4) is 0 Å². The molecule has 132 valence electrons. The van der Waals surface area contributed by atoms with Gasteiger partial charge in [0, 0.05) is 13.0 Å². The molecule has 1 atom stereocenters. The minimum absolute atomic E-state index is 0.0751. The van der Waals surface area contributed by atoms with Crippen molar-refractivity contribution >= 4 is 5.91 Å². The van der Waals surface area contributed by atoms with Gasteiger partial charge in [0.2, 0.25) is 5.91 Å². The monoisotopic (exact) mass is 332 g/mol. The van der Waals surface area contributed by atoms with E-state index in [4.69, 9.17) is 9.47 Å². The summed E-state index contributed by atoms with van der Waals surface area (Å²) in [5.74, 6) is 2.43. The summed E-state index contributed by atoms with van der Waals surface area (Å²) < 4.78 is 11.2. The quantitative estimate of drug-likeness (QED) is 0.802. The molecule has 2 fully saturated rings. The number of ether oxygens (including phenoxy) is 2. The van der Waals surface area contributed by atoms with Crippen LogP contribution in [0.2, 0.25) is 0 Å². The van der Waals surface area contributed by atoms with Gasteiger partial charge in [0.1, 0.15) is 6.10 Å². The van der Waals surface area contributed by atoms with E-state index >= 15 is 0 Å². The number of methoxy groups -OCH3 is 1. The molecule has 1 unspecified atom stereocenters. The summed E-state index contributed by atoms with van der Waals surface area (Å²) in [5, 5.41) is 0. The van der Waals surface area contributed by atoms with E-state index in [0.29, 0.717) is 25.4 Å². The molecule has 2 heterocycles. The molecule has 2 saturated heterocycles. The van der Waals surface area contributed by atoms with E-state index in [1.54, 1.807) is 7.11 Å². The van der Waals surface area contributed by atoms with Crippen molar-refractivity contribution in [1.82, 2.24) is 9.80 Å². The largest absolute Gasteiger partial charge is 0.493 e. The van der Waals surface area contributed by atoms with Gasteiger partial charge in [0.25, 0.3) is 0 Å². The highest BCUT2D eigenvalue weighted by atomic mass is 16.5. The van der Waals surface area contributed by atoms with Crippen LogP contribution < -0.4 is 9.47 Å². The summed E-state index contributed by atoms with van der Waals surface area (Å²) in [6.45, 7) is 3.69. The third kappa shape index (κ3) is 4.20. The summed E-state index contributed by atoms with van der Waals surface area (Å²) >= 11 is 0. The molecule has 0 spiro atoms. The standard InChI is InChI=1S/C19H28N2O3/c1-20-11-5-6-15(12-20)9-10-19(22)21-13-16(14-21)24-18-8-4-3-7-17(18)23-2/h3-4,7-8,15-16H,5-6,9-14H2,1-2H3. The molecule has 5 heteroatoms. The van der Waals surface area contributed by atoms with E-state index in [1.165, 1.54) is 19.4 Å². The molecule has 3 rings (SSSR count). The van der Waals surface area contributed by atoms with Gasteiger partial charge in [0.05, 0.1) is 20.2 Å². The van der Waals surface area contributed by atoms with Crippen molar-refractivity contribution in [2.24, 2.45) is 5.92 Å². The van der Waals surface area contributed by atoms with Gasteiger partial charge in [-0.1, -0.05) is 12.1 Å². The summed E-state index contributed by atoms with van der Waals surface area (Å²) in [4.78, 5) is 16.6. The number of hydrogen-bond acceptors (Lipinski definition) is 4. The van der Waals surface area contributed by atoms with Crippen LogP contribution in [-0.2, 0) is 4.79 Å². The number of benzene rings is 1. The topological polar surface area (TPSA) is 42.0 Å². The van der Waals surface area contributed by atoms with Gasteiger partial charge in [-0.15, -0.1) is 0 Å². The van der Waals surface area contributed by atoms with Crippen molar-refractivity contribution in [3.05, 3.63) is 24.3 Å². The highest BCUT2D eigenvalue weighted by Gasteiger charge is 2.32. The Balaban J connectivity index is 1.39. The smallest absolute Gasteiger partial charge is 0.222 e. The molecule has 5 nitrogen and oxygen atoms in total. The third-order valence-electron chi connectivity index (χ3n) is 5.05. The maximum absolute atomic E-state index is 12.3. The number of para-hydroxylation sites is 2. The molecule has 0 radical (unpaired) electrons. The first kappa shape index (κ1) is 17.1. The number of amides is 1. The zero-order valence-electron chi connectivity index (χ0n) is 14.7. The van der Waals surface area contributed by atoms with E-state index in [-0.39, 0.29) is 12.0 Å². The molecular weight excluding hydrogens is 304 g/mol. The second-order valence-electron chi connectivity index (χ2n) is 7.00. The van der Waals surface area contributed by atoms with E-state index in [1.807, 2.05) is 29.2 Å². The summed E-state index contributed by atoms with van der Waals surface area (Å²) in [6, 6.07) is 7.65. The fourth-order valence-corrected chi connectivity index (χ4v) is 3.61. The van der Waals surface area contributed by atoms with Crippen LogP contribution in [0, 0.1) is 5.92 Å². The highest BCUT2D eigenvalue weighted by Crippen LogP contribution is 2.29. The number of nitrogens with zero attached hydrogens (tertiary/aromatic N) is 2. The van der Waals surface area contributed by atoms with Gasteiger partial charge in [0.15, 0.2) is 11.5 Å². The van der Waals surface area contributed by atoms with E-state index < -0.39 is 0 Å². The Kier molecular flexibility index (Phi) is 5.61. The lowest BCUT2D eigenvalue weighted by molar-refractivity contribution is -0.140. The first-order valence-electron chi connectivity index (χ1n) is 8.91. The third-order valence-corrected chi connectivity index (χ3v) is 5.05. The fraction of sp³-hybridized carbons (Fsp3) is 0.632. The van der Waals surface area contributed by atoms with Crippen molar-refractivity contribution < 1.29 is 14.3 Å². The predicted octanol–water partition coefficient (Wildman–Crippen LogP) is 2.41. The molecule has 0 aliphatic carbocycles. The van der Waals surface area contributed by atoms with Crippen molar-refractivity contribution in [3.8, 4) is 11.5 Å². The summed E-state index contributed by atoms with van der Waals surface area (Å²) in [5.41, 5.74) is 0. The molecule has 2 aliphatic heterocycles. The van der Waals surface area contributed by atoms with Gasteiger partial charge >= 0.3 is 0 Å². The Morgan fingerprint density at radius 2 is 1.96 bits per heavy atom. The van der Waals surface area contributed by atoms with Gasteiger partial charge in [-0.05, 0) is 50.9 Å². The number of carbonyl (C=O) groups is 1. The predicted molar refractivity (Wildman–Crippen MR) is 93.4 cm³/mol. The van der Waals surface area contributed by atoms with E-state index in [9.17, 15) is 4.79 Å². The summed E-state index contributed by atoms with van der Waals surface area (Å²) in [6.07, 6.45) is 4.27. The van der Waals surface area contributed by atoms with Crippen LogP contribution >= 0.6 is 0 Å². The highest BCUT2D eigenvalue weighted by molar-refractivity contribution is 5.77. The lowest BCUT2D eigenvalue weighted by atomic mass is 9.93. The minimum atomic E-state index is 0.0751. The molecule has 1 aromatic carbocycles. The molecule has 0 saturated carbocycles. The Morgan fingerprint density at radius 1 is 1.21 bits per heavy atom. The molecule has 2 aliphatic rings. The van der Waals surface area contributed by atoms with Crippen LogP contribution in [-0.4, -0.2) is 62.1 Å². The first-order valence-corrected chi connectivity index (χ1v) is 8.91. The first-order chi connectivity index (χ1) is 11.7.